The van der Waals surface area contributed by atoms with Crippen LogP contribution >= 0.6 is 11.3 Å². The molecule has 0 saturated carbocycles. The van der Waals surface area contributed by atoms with Crippen LogP contribution in [-0.4, -0.2) is 23.1 Å². The Bertz CT molecular complexity index is 568. The van der Waals surface area contributed by atoms with Gasteiger partial charge in [0.15, 0.2) is 0 Å². The maximum absolute atomic E-state index is 5.92. The first kappa shape index (κ1) is 16.0. The third-order valence-electron chi connectivity index (χ3n) is 3.30. The highest BCUT2D eigenvalue weighted by Crippen LogP contribution is 2.31. The number of aromatic nitrogens is 2. The Labute approximate surface area is 131 Å². The highest BCUT2D eigenvalue weighted by atomic mass is 32.1. The highest BCUT2D eigenvalue weighted by Gasteiger charge is 2.11. The second-order valence-electron chi connectivity index (χ2n) is 5.22. The van der Waals surface area contributed by atoms with Gasteiger partial charge < -0.3 is 10.1 Å². The van der Waals surface area contributed by atoms with Crippen molar-refractivity contribution in [2.75, 3.05) is 18.5 Å². The number of ether oxygens (including phenoxy) is 1. The normalized spacial score (nSPS) is 11.0. The summed E-state index contributed by atoms with van der Waals surface area (Å²) in [5.41, 5.74) is 0. The van der Waals surface area contributed by atoms with E-state index in [-0.39, 0.29) is 0 Å². The van der Waals surface area contributed by atoms with Gasteiger partial charge in [0.1, 0.15) is 4.83 Å². The van der Waals surface area contributed by atoms with Gasteiger partial charge >= 0.3 is 0 Å². The Morgan fingerprint density at radius 1 is 1.14 bits per heavy atom. The van der Waals surface area contributed by atoms with E-state index >= 15 is 0 Å². The lowest BCUT2D eigenvalue weighted by atomic mass is 10.2. The van der Waals surface area contributed by atoms with Crippen LogP contribution in [-0.2, 0) is 0 Å². The predicted octanol–water partition coefficient (Wildman–Crippen LogP) is 4.78. The van der Waals surface area contributed by atoms with Crippen molar-refractivity contribution in [3.8, 4) is 5.88 Å². The number of thiophene rings is 1. The summed E-state index contributed by atoms with van der Waals surface area (Å²) in [7, 11) is 0. The molecule has 4 nitrogen and oxygen atoms in total. The monoisotopic (exact) mass is 307 g/mol. The molecule has 5 heteroatoms. The van der Waals surface area contributed by atoms with Crippen molar-refractivity contribution < 1.29 is 4.74 Å². The van der Waals surface area contributed by atoms with E-state index in [9.17, 15) is 0 Å². The molecule has 2 aromatic heterocycles. The number of rotatable bonds is 9. The van der Waals surface area contributed by atoms with Crippen LogP contribution in [0.2, 0.25) is 0 Å². The Balaban J connectivity index is 2.02. The number of hydrogen-bond donors (Lipinski definition) is 1. The van der Waals surface area contributed by atoms with E-state index in [2.05, 4.69) is 35.2 Å². The van der Waals surface area contributed by atoms with Crippen LogP contribution in [0.25, 0.3) is 10.2 Å². The molecule has 0 atom stereocenters. The topological polar surface area (TPSA) is 47.0 Å². The van der Waals surface area contributed by atoms with E-state index in [0.717, 1.165) is 35.7 Å². The van der Waals surface area contributed by atoms with Crippen LogP contribution < -0.4 is 10.1 Å². The smallest absolute Gasteiger partial charge is 0.227 e. The van der Waals surface area contributed by atoms with E-state index in [4.69, 9.17) is 4.74 Å². The molecular formula is C16H25N3OS. The number of nitrogens with one attached hydrogen (secondary N) is 1. The Kier molecular flexibility index (Phi) is 6.23. The van der Waals surface area contributed by atoms with Gasteiger partial charge in [-0.25, -0.2) is 4.98 Å². The molecule has 2 rings (SSSR count). The van der Waals surface area contributed by atoms with Crippen molar-refractivity contribution in [3.63, 3.8) is 0 Å². The zero-order chi connectivity index (χ0) is 15.1. The van der Waals surface area contributed by atoms with E-state index < -0.39 is 0 Å². The molecule has 0 fully saturated rings. The fraction of sp³-hybridized carbons (Fsp3) is 0.625. The van der Waals surface area contributed by atoms with E-state index in [1.165, 1.54) is 30.6 Å². The lowest BCUT2D eigenvalue weighted by molar-refractivity contribution is 0.297. The van der Waals surface area contributed by atoms with Gasteiger partial charge in [-0.3, -0.25) is 0 Å². The largest absolute Gasteiger partial charge is 0.477 e. The number of anilines is 1. The summed E-state index contributed by atoms with van der Waals surface area (Å²) < 4.78 is 5.92. The minimum absolute atomic E-state index is 0.660. The zero-order valence-corrected chi connectivity index (χ0v) is 14.1. The molecule has 0 bridgehead atoms. The summed E-state index contributed by atoms with van der Waals surface area (Å²) in [5, 5.41) is 4.21. The maximum atomic E-state index is 5.92. The fourth-order valence-electron chi connectivity index (χ4n) is 2.24. The standard InChI is InChI=1S/C16H25N3OS/c1-4-6-7-8-9-10-20-14-13-11-12(3)21-15(13)19-16(18-14)17-5-2/h11H,4-10H2,1-3H3,(H,17,18,19). The fourth-order valence-corrected chi connectivity index (χ4v) is 3.11. The minimum atomic E-state index is 0.660. The summed E-state index contributed by atoms with van der Waals surface area (Å²) in [6.07, 6.45) is 6.19. The average Bonchev–Trinajstić information content (AvgIpc) is 2.83. The van der Waals surface area contributed by atoms with Crippen molar-refractivity contribution >= 4 is 27.5 Å². The van der Waals surface area contributed by atoms with Gasteiger partial charge in [-0.2, -0.15) is 4.98 Å². The molecule has 0 aromatic carbocycles. The number of nitrogens with zero attached hydrogens (tertiary/aromatic N) is 2. The van der Waals surface area contributed by atoms with Crippen molar-refractivity contribution in [2.45, 2.75) is 52.9 Å². The number of unbranched alkanes of at least 4 members (excludes halogenated alkanes) is 4. The second kappa shape index (κ2) is 8.17. The molecule has 0 radical (unpaired) electrons. The van der Waals surface area contributed by atoms with Gasteiger partial charge in [-0.15, -0.1) is 11.3 Å². The maximum Gasteiger partial charge on any atom is 0.227 e. The van der Waals surface area contributed by atoms with Crippen LogP contribution in [0.4, 0.5) is 5.95 Å². The van der Waals surface area contributed by atoms with Crippen molar-refractivity contribution in [3.05, 3.63) is 10.9 Å². The van der Waals surface area contributed by atoms with Crippen LogP contribution in [0, 0.1) is 6.92 Å². The predicted molar refractivity (Wildman–Crippen MR) is 90.6 cm³/mol. The third-order valence-corrected chi connectivity index (χ3v) is 4.25. The lowest BCUT2D eigenvalue weighted by Crippen LogP contribution is -2.05. The summed E-state index contributed by atoms with van der Waals surface area (Å²) in [5.74, 6) is 1.38. The van der Waals surface area contributed by atoms with Gasteiger partial charge in [-0.05, 0) is 26.3 Å². The first-order valence-corrected chi connectivity index (χ1v) is 8.71. The molecule has 0 aliphatic heterocycles. The molecule has 116 valence electrons. The van der Waals surface area contributed by atoms with E-state index in [1.807, 2.05) is 6.92 Å². The molecule has 21 heavy (non-hydrogen) atoms. The molecule has 1 N–H and O–H groups in total. The van der Waals surface area contributed by atoms with Gasteiger partial charge in [0, 0.05) is 11.4 Å². The van der Waals surface area contributed by atoms with Crippen LogP contribution in [0.1, 0.15) is 50.8 Å². The van der Waals surface area contributed by atoms with Crippen LogP contribution in [0.15, 0.2) is 6.07 Å². The van der Waals surface area contributed by atoms with Gasteiger partial charge in [0.2, 0.25) is 11.8 Å². The second-order valence-corrected chi connectivity index (χ2v) is 6.46. The van der Waals surface area contributed by atoms with Gasteiger partial charge in [-0.1, -0.05) is 32.6 Å². The summed E-state index contributed by atoms with van der Waals surface area (Å²) in [6.45, 7) is 7.91. The summed E-state index contributed by atoms with van der Waals surface area (Å²) in [6, 6.07) is 2.11. The zero-order valence-electron chi connectivity index (χ0n) is 13.2. The molecule has 0 amide bonds. The third kappa shape index (κ3) is 4.56. The molecule has 2 aromatic rings. The molecule has 0 aliphatic carbocycles. The lowest BCUT2D eigenvalue weighted by Gasteiger charge is -2.08. The quantitative estimate of drug-likeness (QED) is 0.677. The SMILES string of the molecule is CCCCCCCOc1nc(NCC)nc2sc(C)cc12. The first-order chi connectivity index (χ1) is 10.2. The molecule has 0 spiro atoms. The summed E-state index contributed by atoms with van der Waals surface area (Å²) >= 11 is 1.69. The molecule has 0 unspecified atom stereocenters. The van der Waals surface area contributed by atoms with E-state index in [0.29, 0.717) is 5.95 Å². The Morgan fingerprint density at radius 3 is 2.71 bits per heavy atom. The van der Waals surface area contributed by atoms with Gasteiger partial charge in [0.05, 0.1) is 12.0 Å². The molecule has 0 saturated heterocycles. The van der Waals surface area contributed by atoms with E-state index in [1.54, 1.807) is 11.3 Å². The Hall–Kier alpha value is -1.36. The molecular weight excluding hydrogens is 282 g/mol. The molecule has 2 heterocycles. The number of fused-ring (bicyclic) bond motifs is 1. The van der Waals surface area contributed by atoms with Crippen LogP contribution in [0.3, 0.4) is 0 Å². The molecule has 0 aliphatic rings. The highest BCUT2D eigenvalue weighted by molar-refractivity contribution is 7.18. The minimum Gasteiger partial charge on any atom is -0.477 e. The number of aryl methyl sites for hydroxylation is 1. The van der Waals surface area contributed by atoms with Crippen molar-refractivity contribution in [2.24, 2.45) is 0 Å². The number of hydrogen-bond acceptors (Lipinski definition) is 5. The van der Waals surface area contributed by atoms with Gasteiger partial charge in [0.25, 0.3) is 0 Å². The Morgan fingerprint density at radius 2 is 1.95 bits per heavy atom. The van der Waals surface area contributed by atoms with Crippen LogP contribution in [0.5, 0.6) is 5.88 Å². The first-order valence-electron chi connectivity index (χ1n) is 7.89. The van der Waals surface area contributed by atoms with Crippen molar-refractivity contribution in [1.82, 2.24) is 9.97 Å². The summed E-state index contributed by atoms with van der Waals surface area (Å²) in [4.78, 5) is 11.3. The average molecular weight is 307 g/mol. The van der Waals surface area contributed by atoms with Crippen molar-refractivity contribution in [1.29, 1.82) is 0 Å².